The predicted molar refractivity (Wildman–Crippen MR) is 103 cm³/mol. The monoisotopic (exact) mass is 428 g/mol. The van der Waals surface area contributed by atoms with Crippen LogP contribution in [-0.2, 0) is 20.0 Å². The van der Waals surface area contributed by atoms with Gasteiger partial charge in [0, 0.05) is 26.2 Å². The number of benzene rings is 1. The Morgan fingerprint density at radius 1 is 0.964 bits per heavy atom. The summed E-state index contributed by atoms with van der Waals surface area (Å²) in [6.45, 7) is 3.90. The van der Waals surface area contributed by atoms with Gasteiger partial charge in [-0.05, 0) is 32.4 Å². The number of aromatic nitrogens is 2. The van der Waals surface area contributed by atoms with Gasteiger partial charge in [0.15, 0.2) is 0 Å². The molecular weight excluding hydrogens is 404 g/mol. The van der Waals surface area contributed by atoms with Crippen LogP contribution in [0.4, 0.5) is 0 Å². The summed E-state index contributed by atoms with van der Waals surface area (Å²) in [5.74, 6) is 0.265. The average Bonchev–Trinajstić information content (AvgIpc) is 2.87. The number of aromatic amines is 1. The van der Waals surface area contributed by atoms with Crippen LogP contribution >= 0.6 is 0 Å². The van der Waals surface area contributed by atoms with Crippen LogP contribution < -0.4 is 4.74 Å². The van der Waals surface area contributed by atoms with Crippen molar-refractivity contribution in [2.75, 3.05) is 33.3 Å². The first-order valence-corrected chi connectivity index (χ1v) is 11.7. The molecule has 1 N–H and O–H groups in total. The van der Waals surface area contributed by atoms with Gasteiger partial charge in [0.25, 0.3) is 0 Å². The third-order valence-electron chi connectivity index (χ3n) is 4.76. The molecule has 11 heteroatoms. The Bertz CT molecular complexity index is 1040. The molecule has 1 saturated heterocycles. The zero-order valence-electron chi connectivity index (χ0n) is 16.0. The minimum atomic E-state index is -3.80. The van der Waals surface area contributed by atoms with E-state index in [-0.39, 0.29) is 41.7 Å². The van der Waals surface area contributed by atoms with Crippen molar-refractivity contribution in [1.29, 1.82) is 0 Å². The minimum Gasteiger partial charge on any atom is -0.495 e. The van der Waals surface area contributed by atoms with Crippen molar-refractivity contribution in [2.24, 2.45) is 0 Å². The summed E-state index contributed by atoms with van der Waals surface area (Å²) in [6, 6.07) is 6.41. The van der Waals surface area contributed by atoms with Crippen molar-refractivity contribution in [3.8, 4) is 5.75 Å². The van der Waals surface area contributed by atoms with E-state index in [2.05, 4.69) is 10.2 Å². The lowest BCUT2D eigenvalue weighted by atomic mass is 10.3. The van der Waals surface area contributed by atoms with Crippen molar-refractivity contribution in [3.05, 3.63) is 35.7 Å². The van der Waals surface area contributed by atoms with Crippen LogP contribution in [0.15, 0.2) is 34.1 Å². The van der Waals surface area contributed by atoms with Gasteiger partial charge in [-0.3, -0.25) is 5.10 Å². The molecule has 154 valence electrons. The number of sulfonamides is 2. The molecule has 0 spiro atoms. The molecular formula is C17H24N4O5S2. The van der Waals surface area contributed by atoms with Gasteiger partial charge < -0.3 is 4.74 Å². The number of rotatable bonds is 5. The topological polar surface area (TPSA) is 113 Å². The van der Waals surface area contributed by atoms with E-state index in [9.17, 15) is 16.8 Å². The Morgan fingerprint density at radius 3 is 2.14 bits per heavy atom. The predicted octanol–water partition coefficient (Wildman–Crippen LogP) is 1.12. The van der Waals surface area contributed by atoms with Crippen molar-refractivity contribution in [3.63, 3.8) is 0 Å². The summed E-state index contributed by atoms with van der Waals surface area (Å²) in [7, 11) is -6.14. The second-order valence-corrected chi connectivity index (χ2v) is 10.4. The molecule has 0 atom stereocenters. The van der Waals surface area contributed by atoms with Gasteiger partial charge in [-0.1, -0.05) is 12.1 Å². The van der Waals surface area contributed by atoms with Gasteiger partial charge in [0.2, 0.25) is 20.0 Å². The molecule has 0 aliphatic carbocycles. The molecule has 28 heavy (non-hydrogen) atoms. The van der Waals surface area contributed by atoms with Gasteiger partial charge >= 0.3 is 0 Å². The third-order valence-corrected chi connectivity index (χ3v) is 8.86. The van der Waals surface area contributed by atoms with E-state index in [4.69, 9.17) is 4.74 Å². The van der Waals surface area contributed by atoms with Crippen LogP contribution in [0.25, 0.3) is 0 Å². The number of para-hydroxylation sites is 1. The second kappa shape index (κ2) is 7.82. The summed E-state index contributed by atoms with van der Waals surface area (Å²) >= 11 is 0. The summed E-state index contributed by atoms with van der Waals surface area (Å²) in [6.07, 6.45) is 0.392. The summed E-state index contributed by atoms with van der Waals surface area (Å²) < 4.78 is 60.1. The summed E-state index contributed by atoms with van der Waals surface area (Å²) in [4.78, 5) is 0.240. The largest absolute Gasteiger partial charge is 0.495 e. The lowest BCUT2D eigenvalue weighted by molar-refractivity contribution is 0.388. The van der Waals surface area contributed by atoms with Gasteiger partial charge in [-0.2, -0.15) is 13.7 Å². The molecule has 0 radical (unpaired) electrons. The number of nitrogens with one attached hydrogen (secondary N) is 1. The SMILES string of the molecule is COc1ccccc1S(=O)(=O)N1CCCN(S(=O)(=O)c2c(C)n[nH]c2C)CC1. The molecule has 0 saturated carbocycles. The Balaban J connectivity index is 1.86. The van der Waals surface area contributed by atoms with Crippen molar-refractivity contribution >= 4 is 20.0 Å². The first-order chi connectivity index (χ1) is 13.2. The molecule has 0 unspecified atom stereocenters. The fraction of sp³-hybridized carbons (Fsp3) is 0.471. The summed E-state index contributed by atoms with van der Waals surface area (Å²) in [5, 5.41) is 6.65. The van der Waals surface area contributed by atoms with Crippen LogP contribution in [0.2, 0.25) is 0 Å². The highest BCUT2D eigenvalue weighted by Crippen LogP contribution is 2.28. The quantitative estimate of drug-likeness (QED) is 0.764. The minimum absolute atomic E-state index is 0.0650. The van der Waals surface area contributed by atoms with Crippen LogP contribution in [0.3, 0.4) is 0 Å². The number of hydrogen-bond donors (Lipinski definition) is 1. The Labute approximate surface area is 165 Å². The first kappa shape index (κ1) is 20.8. The number of hydrogen-bond acceptors (Lipinski definition) is 6. The molecule has 1 fully saturated rings. The normalized spacial score (nSPS) is 17.4. The highest BCUT2D eigenvalue weighted by molar-refractivity contribution is 7.89. The standard InChI is InChI=1S/C17H24N4O5S2/c1-13-17(14(2)19-18-13)28(24,25)21-10-6-9-20(11-12-21)27(22,23)16-8-5-4-7-15(16)26-3/h4-5,7-8H,6,9-12H2,1-3H3,(H,18,19). The van der Waals surface area contributed by atoms with E-state index < -0.39 is 20.0 Å². The van der Waals surface area contributed by atoms with Crippen molar-refractivity contribution in [1.82, 2.24) is 18.8 Å². The highest BCUT2D eigenvalue weighted by Gasteiger charge is 2.34. The molecule has 0 amide bonds. The molecule has 1 aromatic carbocycles. The zero-order valence-corrected chi connectivity index (χ0v) is 17.7. The lowest BCUT2D eigenvalue weighted by Gasteiger charge is -2.22. The third kappa shape index (κ3) is 3.66. The fourth-order valence-electron chi connectivity index (χ4n) is 3.37. The molecule has 2 heterocycles. The van der Waals surface area contributed by atoms with E-state index in [0.717, 1.165) is 0 Å². The maximum Gasteiger partial charge on any atom is 0.246 e. The molecule has 1 aliphatic rings. The molecule has 2 aromatic rings. The number of H-pyrrole nitrogens is 1. The Morgan fingerprint density at radius 2 is 1.57 bits per heavy atom. The van der Waals surface area contributed by atoms with Gasteiger partial charge in [-0.25, -0.2) is 16.8 Å². The van der Waals surface area contributed by atoms with Crippen LogP contribution in [0.5, 0.6) is 5.75 Å². The number of methoxy groups -OCH3 is 1. The van der Waals surface area contributed by atoms with Crippen molar-refractivity contribution in [2.45, 2.75) is 30.1 Å². The van der Waals surface area contributed by atoms with Gasteiger partial charge in [0.05, 0.1) is 18.5 Å². The van der Waals surface area contributed by atoms with Gasteiger partial charge in [-0.15, -0.1) is 0 Å². The van der Waals surface area contributed by atoms with E-state index in [0.29, 0.717) is 17.8 Å². The molecule has 1 aromatic heterocycles. The number of aryl methyl sites for hydroxylation is 2. The first-order valence-electron chi connectivity index (χ1n) is 8.84. The maximum atomic E-state index is 13.1. The number of ether oxygens (including phenoxy) is 1. The van der Waals surface area contributed by atoms with Crippen LogP contribution in [0.1, 0.15) is 17.8 Å². The van der Waals surface area contributed by atoms with E-state index in [1.54, 1.807) is 32.0 Å². The lowest BCUT2D eigenvalue weighted by Crippen LogP contribution is -2.37. The molecule has 0 bridgehead atoms. The van der Waals surface area contributed by atoms with Crippen LogP contribution in [0, 0.1) is 13.8 Å². The number of nitrogens with zero attached hydrogens (tertiary/aromatic N) is 3. The second-order valence-electron chi connectivity index (χ2n) is 6.58. The van der Waals surface area contributed by atoms with E-state index in [1.165, 1.54) is 21.8 Å². The van der Waals surface area contributed by atoms with E-state index >= 15 is 0 Å². The molecule has 1 aliphatic heterocycles. The van der Waals surface area contributed by atoms with Crippen molar-refractivity contribution < 1.29 is 21.6 Å². The maximum absolute atomic E-state index is 13.1. The average molecular weight is 429 g/mol. The Kier molecular flexibility index (Phi) is 5.80. The molecule has 9 nitrogen and oxygen atoms in total. The van der Waals surface area contributed by atoms with Gasteiger partial charge in [0.1, 0.15) is 15.5 Å². The summed E-state index contributed by atoms with van der Waals surface area (Å²) in [5.41, 5.74) is 0.875. The molecule has 3 rings (SSSR count). The highest BCUT2D eigenvalue weighted by atomic mass is 32.2. The smallest absolute Gasteiger partial charge is 0.246 e. The fourth-order valence-corrected chi connectivity index (χ4v) is 6.80. The van der Waals surface area contributed by atoms with Crippen LogP contribution in [-0.4, -0.2) is 68.9 Å². The zero-order chi connectivity index (χ0) is 20.5. The Hall–Kier alpha value is -1.95. The van der Waals surface area contributed by atoms with E-state index in [1.807, 2.05) is 0 Å².